The summed E-state index contributed by atoms with van der Waals surface area (Å²) in [5.41, 5.74) is 6.51. The van der Waals surface area contributed by atoms with E-state index >= 15 is 8.78 Å². The van der Waals surface area contributed by atoms with Crippen molar-refractivity contribution in [3.05, 3.63) is 71.9 Å². The van der Waals surface area contributed by atoms with E-state index < -0.39 is 31.4 Å². The van der Waals surface area contributed by atoms with Gasteiger partial charge in [-0.3, -0.25) is 4.90 Å². The molecule has 4 atom stereocenters. The lowest BCUT2D eigenvalue weighted by atomic mass is 9.94. The second-order valence-electron chi connectivity index (χ2n) is 19.9. The summed E-state index contributed by atoms with van der Waals surface area (Å²) >= 11 is 0. The van der Waals surface area contributed by atoms with Crippen molar-refractivity contribution in [2.75, 3.05) is 37.7 Å². The Morgan fingerprint density at radius 2 is 1.66 bits per heavy atom. The molecule has 4 fully saturated rings. The van der Waals surface area contributed by atoms with E-state index in [1.165, 1.54) is 12.1 Å². The Balaban J connectivity index is 1.26. The lowest BCUT2D eigenvalue weighted by molar-refractivity contribution is 0.107. The van der Waals surface area contributed by atoms with Crippen LogP contribution < -0.4 is 15.0 Å². The van der Waals surface area contributed by atoms with Crippen LogP contribution in [-0.4, -0.2) is 94.2 Å². The topological polar surface area (TPSA) is 91.6 Å². The summed E-state index contributed by atoms with van der Waals surface area (Å²) < 4.78 is 58.4. The summed E-state index contributed by atoms with van der Waals surface area (Å²) in [6.45, 7) is 15.9. The van der Waals surface area contributed by atoms with Gasteiger partial charge in [0.05, 0.1) is 22.2 Å². The number of rotatable bonds is 9. The zero-order valence-corrected chi connectivity index (χ0v) is 38.9. The number of hydrogen-bond donors (Lipinski definition) is 2. The second kappa shape index (κ2) is 16.1. The average molecular weight is 886 g/mol. The molecule has 7 heterocycles. The van der Waals surface area contributed by atoms with Crippen molar-refractivity contribution < 1.29 is 23.0 Å². The Bertz CT molecular complexity index is 2860. The van der Waals surface area contributed by atoms with Crippen molar-refractivity contribution >= 4 is 46.5 Å². The highest BCUT2D eigenvalue weighted by atomic mass is 28.3. The maximum Gasteiger partial charge on any atom is 0.319 e. The Labute approximate surface area is 374 Å². The van der Waals surface area contributed by atoms with Crippen LogP contribution in [0.15, 0.2) is 54.7 Å². The quantitative estimate of drug-likeness (QED) is 0.110. The van der Waals surface area contributed by atoms with Gasteiger partial charge < -0.3 is 24.6 Å². The van der Waals surface area contributed by atoms with E-state index in [4.69, 9.17) is 19.7 Å². The molecule has 4 aliphatic heterocycles. The smallest absolute Gasteiger partial charge is 0.319 e. The summed E-state index contributed by atoms with van der Waals surface area (Å²) in [4.78, 5) is 19.7. The van der Waals surface area contributed by atoms with Crippen LogP contribution in [0.1, 0.15) is 79.2 Å². The third-order valence-corrected chi connectivity index (χ3v) is 21.5. The minimum atomic E-state index is -2.35. The third-order valence-electron chi connectivity index (χ3n) is 15.3. The van der Waals surface area contributed by atoms with E-state index in [0.717, 1.165) is 48.7 Å². The zero-order chi connectivity index (χ0) is 44.8. The number of nitrogens with zero attached hydrogens (tertiary/aromatic N) is 6. The van der Waals surface area contributed by atoms with Gasteiger partial charge in [-0.15, -0.1) is 5.54 Å². The number of fused-ring (bicyclic) bond motifs is 6. The molecule has 64 heavy (non-hydrogen) atoms. The molecule has 9 nitrogen and oxygen atoms in total. The largest absolute Gasteiger partial charge is 0.508 e. The van der Waals surface area contributed by atoms with Crippen molar-refractivity contribution in [1.29, 1.82) is 0 Å². The fourth-order valence-corrected chi connectivity index (χ4v) is 17.5. The summed E-state index contributed by atoms with van der Waals surface area (Å²) in [5, 5.41) is 17.3. The predicted octanol–water partition coefficient (Wildman–Crippen LogP) is 10.5. The number of benzene rings is 3. The lowest BCUT2D eigenvalue weighted by Gasteiger charge is -2.38. The Hall–Kier alpha value is -5.16. The van der Waals surface area contributed by atoms with E-state index in [9.17, 15) is 9.50 Å². The van der Waals surface area contributed by atoms with Crippen molar-refractivity contribution in [2.45, 2.75) is 114 Å². The first-order valence-corrected chi connectivity index (χ1v) is 25.4. The first kappa shape index (κ1) is 42.8. The maximum absolute atomic E-state index is 18.3. The highest BCUT2D eigenvalue weighted by Gasteiger charge is 2.49. The molecule has 3 aromatic carbocycles. The summed E-state index contributed by atoms with van der Waals surface area (Å²) in [6.07, 6.45) is 5.19. The van der Waals surface area contributed by atoms with E-state index in [1.807, 2.05) is 42.1 Å². The molecule has 10 rings (SSSR count). The standard InChI is InChI=1S/C51H58F3N7O2Si/c1-29(2)64(30(3)4,31(5)6)21-17-39-41(53)15-12-32-22-36(62)23-40(43(32)39)47-45(54)48-44(46(56-47)38-10-8-11-42-37(38)16-20-59(42)7)49(60-26-34-13-14-35(27-60)55-34)58-50(57-48)63-28-51-18-9-19-61(51)25-33(52)24-51/h8,10-12,15-16,20,22-23,29-31,33-35,55,62H,9,13-14,18-19,24-28H2,1-7H3/t33-,34-,35+,51+/m1/s1. The minimum absolute atomic E-state index is 0.000703. The molecule has 334 valence electrons. The van der Waals surface area contributed by atoms with Crippen LogP contribution in [0.2, 0.25) is 16.6 Å². The molecule has 0 radical (unpaired) electrons. The van der Waals surface area contributed by atoms with Gasteiger partial charge in [-0.2, -0.15) is 9.97 Å². The van der Waals surface area contributed by atoms with Crippen LogP contribution in [0, 0.1) is 23.1 Å². The summed E-state index contributed by atoms with van der Waals surface area (Å²) in [7, 11) is -0.370. The van der Waals surface area contributed by atoms with Gasteiger partial charge >= 0.3 is 6.01 Å². The Morgan fingerprint density at radius 1 is 0.906 bits per heavy atom. The number of nitrogens with one attached hydrogen (secondary N) is 1. The van der Waals surface area contributed by atoms with Crippen LogP contribution in [-0.2, 0) is 7.05 Å². The number of ether oxygens (including phenoxy) is 1. The number of piperazine rings is 1. The summed E-state index contributed by atoms with van der Waals surface area (Å²) in [5.74, 6) is 2.47. The molecule has 0 saturated carbocycles. The number of halogens is 3. The first-order valence-electron chi connectivity index (χ1n) is 23.1. The van der Waals surface area contributed by atoms with Gasteiger partial charge in [0.2, 0.25) is 0 Å². The molecule has 2 bridgehead atoms. The van der Waals surface area contributed by atoms with Crippen LogP contribution in [0.4, 0.5) is 19.0 Å². The SMILES string of the molecule is CC(C)[Si](C#Cc1c(F)ccc2cc(O)cc(-c3nc(-c4cccc5c4ccn5C)c4c(N5C[C@H]6CC[C@@H](C5)N6)nc(OC[C@@]56CCCN5C[C@H](F)C6)nc4c3F)c12)(C(C)C)C(C)C. The Morgan fingerprint density at radius 3 is 2.39 bits per heavy atom. The molecule has 0 spiro atoms. The first-order chi connectivity index (χ1) is 30.7. The highest BCUT2D eigenvalue weighted by molar-refractivity contribution is 6.90. The normalized spacial score (nSPS) is 22.5. The van der Waals surface area contributed by atoms with Gasteiger partial charge in [0.1, 0.15) is 49.4 Å². The van der Waals surface area contributed by atoms with Crippen LogP contribution >= 0.6 is 0 Å². The molecule has 0 aliphatic carbocycles. The second-order valence-corrected chi connectivity index (χ2v) is 25.5. The Kier molecular flexibility index (Phi) is 10.7. The van der Waals surface area contributed by atoms with E-state index in [2.05, 4.69) is 68.1 Å². The molecule has 3 aromatic heterocycles. The van der Waals surface area contributed by atoms with Gasteiger partial charge in [-0.1, -0.05) is 65.7 Å². The van der Waals surface area contributed by atoms with Gasteiger partial charge in [-0.05, 0) is 84.6 Å². The molecule has 0 amide bonds. The number of pyridine rings is 1. The van der Waals surface area contributed by atoms with Crippen LogP contribution in [0.3, 0.4) is 0 Å². The fraction of sp³-hybridized carbons (Fsp3) is 0.471. The maximum atomic E-state index is 18.3. The molecule has 4 saturated heterocycles. The number of aryl methyl sites for hydroxylation is 1. The predicted molar refractivity (Wildman–Crippen MR) is 252 cm³/mol. The van der Waals surface area contributed by atoms with Gasteiger partial charge in [0, 0.05) is 78.8 Å². The highest BCUT2D eigenvalue weighted by Crippen LogP contribution is 2.46. The molecule has 13 heteroatoms. The molecular formula is C51H58F3N7O2Si. The van der Waals surface area contributed by atoms with Gasteiger partial charge in [0.25, 0.3) is 0 Å². The number of phenols is 1. The monoisotopic (exact) mass is 885 g/mol. The molecular weight excluding hydrogens is 828 g/mol. The number of anilines is 1. The zero-order valence-electron chi connectivity index (χ0n) is 37.9. The van der Waals surface area contributed by atoms with Crippen molar-refractivity contribution in [3.8, 4) is 45.7 Å². The number of aromatic nitrogens is 4. The van der Waals surface area contributed by atoms with Crippen molar-refractivity contribution in [3.63, 3.8) is 0 Å². The van der Waals surface area contributed by atoms with Gasteiger partial charge in [0.15, 0.2) is 5.82 Å². The van der Waals surface area contributed by atoms with E-state index in [-0.39, 0.29) is 52.8 Å². The molecule has 2 N–H and O–H groups in total. The van der Waals surface area contributed by atoms with Crippen molar-refractivity contribution in [2.24, 2.45) is 7.05 Å². The van der Waals surface area contributed by atoms with Crippen LogP contribution in [0.5, 0.6) is 11.8 Å². The minimum Gasteiger partial charge on any atom is -0.508 e. The number of alkyl halides is 1. The molecule has 6 aromatic rings. The third kappa shape index (κ3) is 6.94. The average Bonchev–Trinajstić information content (AvgIpc) is 4.01. The number of hydrogen-bond acceptors (Lipinski definition) is 8. The fourth-order valence-electron chi connectivity index (χ4n) is 12.3. The molecule has 4 aliphatic rings. The van der Waals surface area contributed by atoms with Crippen molar-refractivity contribution in [1.82, 2.24) is 29.7 Å². The van der Waals surface area contributed by atoms with Crippen LogP contribution in [0.25, 0.3) is 55.1 Å². The lowest BCUT2D eigenvalue weighted by Crippen LogP contribution is -2.51. The number of aromatic hydroxyl groups is 1. The van der Waals surface area contributed by atoms with E-state index in [0.29, 0.717) is 70.3 Å². The van der Waals surface area contributed by atoms with Gasteiger partial charge in [-0.25, -0.2) is 18.2 Å². The van der Waals surface area contributed by atoms with E-state index in [1.54, 1.807) is 12.1 Å². The summed E-state index contributed by atoms with van der Waals surface area (Å²) in [6, 6.07) is 14.5. The number of phenolic OH excluding ortho intramolecular Hbond substituents is 1. The molecule has 0 unspecified atom stereocenters.